The van der Waals surface area contributed by atoms with E-state index in [1.165, 1.54) is 0 Å². The summed E-state index contributed by atoms with van der Waals surface area (Å²) in [4.78, 5) is 4.01. The lowest BCUT2D eigenvalue weighted by atomic mass is 10.3. The molecule has 6 nitrogen and oxygen atoms in total. The van der Waals surface area contributed by atoms with Crippen molar-refractivity contribution < 1.29 is 8.42 Å². The van der Waals surface area contributed by atoms with Crippen LogP contribution in [0.15, 0.2) is 24.5 Å². The predicted octanol–water partition coefficient (Wildman–Crippen LogP) is 0.783. The van der Waals surface area contributed by atoms with E-state index in [0.29, 0.717) is 32.5 Å². The Kier molecular flexibility index (Phi) is 7.15. The van der Waals surface area contributed by atoms with Crippen molar-refractivity contribution >= 4 is 10.0 Å². The topological polar surface area (TPSA) is 94.9 Å². The molecule has 0 radical (unpaired) electrons. The molecule has 0 aliphatic heterocycles. The Morgan fingerprint density at radius 3 is 2.85 bits per heavy atom. The molecule has 0 aromatic carbocycles. The second-order valence-corrected chi connectivity index (χ2v) is 6.30. The highest BCUT2D eigenvalue weighted by atomic mass is 32.2. The van der Waals surface area contributed by atoms with Gasteiger partial charge in [0, 0.05) is 25.5 Å². The number of nitriles is 1. The molecule has 1 atom stereocenters. The zero-order chi connectivity index (χ0) is 14.8. The van der Waals surface area contributed by atoms with Crippen molar-refractivity contribution in [3.05, 3.63) is 30.1 Å². The van der Waals surface area contributed by atoms with Gasteiger partial charge in [-0.15, -0.1) is 0 Å². The van der Waals surface area contributed by atoms with Gasteiger partial charge in [0.25, 0.3) is 0 Å². The van der Waals surface area contributed by atoms with Crippen LogP contribution < -0.4 is 10.0 Å². The number of hydrogen-bond acceptors (Lipinski definition) is 5. The molecule has 2 N–H and O–H groups in total. The molecule has 1 rings (SSSR count). The Morgan fingerprint density at radius 1 is 1.45 bits per heavy atom. The molecule has 0 fully saturated rings. The van der Waals surface area contributed by atoms with E-state index in [0.717, 1.165) is 5.56 Å². The van der Waals surface area contributed by atoms with Crippen LogP contribution in [0.3, 0.4) is 0 Å². The number of aromatic nitrogens is 1. The lowest BCUT2D eigenvalue weighted by molar-refractivity contribution is 0.565. The van der Waals surface area contributed by atoms with Crippen molar-refractivity contribution in [2.75, 3.05) is 13.1 Å². The molecule has 0 spiro atoms. The molecular formula is C13H20N4O2S. The van der Waals surface area contributed by atoms with Gasteiger partial charge in [-0.05, 0) is 31.0 Å². The van der Waals surface area contributed by atoms with E-state index in [9.17, 15) is 8.42 Å². The van der Waals surface area contributed by atoms with Crippen LogP contribution in [0.25, 0.3) is 0 Å². The Bertz CT molecular complexity index is 525. The average Bonchev–Trinajstić information content (AvgIpc) is 2.44. The monoisotopic (exact) mass is 296 g/mol. The molecule has 110 valence electrons. The summed E-state index contributed by atoms with van der Waals surface area (Å²) in [5.74, 6) is 0. The van der Waals surface area contributed by atoms with Gasteiger partial charge < -0.3 is 5.32 Å². The molecule has 7 heteroatoms. The van der Waals surface area contributed by atoms with E-state index in [-0.39, 0.29) is 0 Å². The van der Waals surface area contributed by atoms with Gasteiger partial charge in [-0.25, -0.2) is 13.1 Å². The van der Waals surface area contributed by atoms with Crippen LogP contribution in [0.4, 0.5) is 0 Å². The van der Waals surface area contributed by atoms with Crippen LogP contribution in [-0.2, 0) is 16.6 Å². The average molecular weight is 296 g/mol. The maximum atomic E-state index is 11.7. The fraction of sp³-hybridized carbons (Fsp3) is 0.538. The van der Waals surface area contributed by atoms with Crippen molar-refractivity contribution in [1.82, 2.24) is 15.0 Å². The Hall–Kier alpha value is -1.49. The minimum Gasteiger partial charge on any atom is -0.313 e. The molecule has 0 aliphatic rings. The Balaban J connectivity index is 2.18. The number of nitrogens with one attached hydrogen (secondary N) is 2. The maximum Gasteiger partial charge on any atom is 0.227 e. The smallest absolute Gasteiger partial charge is 0.227 e. The number of sulfonamides is 1. The molecule has 1 aromatic rings. The molecule has 1 aromatic heterocycles. The third-order valence-corrected chi connectivity index (χ3v) is 4.57. The number of pyridine rings is 1. The van der Waals surface area contributed by atoms with Gasteiger partial charge in [-0.1, -0.05) is 13.0 Å². The summed E-state index contributed by atoms with van der Waals surface area (Å²) in [5.41, 5.74) is 1.09. The van der Waals surface area contributed by atoms with Gasteiger partial charge in [0.2, 0.25) is 10.0 Å². The van der Waals surface area contributed by atoms with Crippen LogP contribution >= 0.6 is 0 Å². The first kappa shape index (κ1) is 16.6. The van der Waals surface area contributed by atoms with Crippen LogP contribution in [0, 0.1) is 11.3 Å². The third-order valence-electron chi connectivity index (χ3n) is 2.77. The molecule has 0 amide bonds. The molecule has 0 bridgehead atoms. The lowest BCUT2D eigenvalue weighted by Crippen LogP contribution is -2.34. The summed E-state index contributed by atoms with van der Waals surface area (Å²) in [6.07, 6.45) is 4.47. The summed E-state index contributed by atoms with van der Waals surface area (Å²) in [5, 5.41) is 11.0. The van der Waals surface area contributed by atoms with E-state index in [1.807, 2.05) is 12.1 Å². The second kappa shape index (κ2) is 8.64. The molecule has 0 aliphatic carbocycles. The highest BCUT2D eigenvalue weighted by Crippen LogP contribution is 2.02. The molecule has 1 heterocycles. The molecule has 20 heavy (non-hydrogen) atoms. The van der Waals surface area contributed by atoms with E-state index in [1.54, 1.807) is 25.4 Å². The fourth-order valence-electron chi connectivity index (χ4n) is 1.64. The largest absolute Gasteiger partial charge is 0.313 e. The Labute approximate surface area is 120 Å². The number of hydrogen-bond donors (Lipinski definition) is 2. The van der Waals surface area contributed by atoms with Crippen LogP contribution in [0.2, 0.25) is 0 Å². The van der Waals surface area contributed by atoms with Crippen molar-refractivity contribution in [2.45, 2.75) is 31.6 Å². The Morgan fingerprint density at radius 2 is 2.25 bits per heavy atom. The molecule has 1 unspecified atom stereocenters. The lowest BCUT2D eigenvalue weighted by Gasteiger charge is -2.10. The van der Waals surface area contributed by atoms with Crippen molar-refractivity contribution in [2.24, 2.45) is 0 Å². The SMILES string of the molecule is CCC(C#N)S(=O)(=O)NCCCNCc1cccnc1. The van der Waals surface area contributed by atoms with E-state index < -0.39 is 15.3 Å². The summed E-state index contributed by atoms with van der Waals surface area (Å²) >= 11 is 0. The quantitative estimate of drug-likeness (QED) is 0.657. The van der Waals surface area contributed by atoms with Crippen LogP contribution in [-0.4, -0.2) is 31.7 Å². The summed E-state index contributed by atoms with van der Waals surface area (Å²) in [6.45, 7) is 3.42. The molecular weight excluding hydrogens is 276 g/mol. The van der Waals surface area contributed by atoms with E-state index >= 15 is 0 Å². The maximum absolute atomic E-state index is 11.7. The van der Waals surface area contributed by atoms with Gasteiger partial charge >= 0.3 is 0 Å². The van der Waals surface area contributed by atoms with Gasteiger partial charge in [0.1, 0.15) is 0 Å². The standard InChI is InChI=1S/C13H20N4O2S/c1-2-13(9-14)20(18,19)17-8-4-7-16-11-12-5-3-6-15-10-12/h3,5-6,10,13,16-17H,2,4,7-8,11H2,1H3. The van der Waals surface area contributed by atoms with Gasteiger partial charge in [-0.3, -0.25) is 4.98 Å². The minimum atomic E-state index is -3.51. The van der Waals surface area contributed by atoms with Gasteiger partial charge in [0.05, 0.1) is 6.07 Å². The van der Waals surface area contributed by atoms with Crippen molar-refractivity contribution in [3.8, 4) is 6.07 Å². The first-order valence-electron chi connectivity index (χ1n) is 6.58. The number of nitrogens with zero attached hydrogens (tertiary/aromatic N) is 2. The summed E-state index contributed by atoms with van der Waals surface area (Å²) in [6, 6.07) is 5.64. The normalized spacial score (nSPS) is 12.8. The highest BCUT2D eigenvalue weighted by molar-refractivity contribution is 7.90. The zero-order valence-corrected chi connectivity index (χ0v) is 12.4. The third kappa shape index (κ3) is 5.65. The van der Waals surface area contributed by atoms with Gasteiger partial charge in [0.15, 0.2) is 5.25 Å². The zero-order valence-electron chi connectivity index (χ0n) is 11.5. The van der Waals surface area contributed by atoms with E-state index in [2.05, 4.69) is 15.0 Å². The van der Waals surface area contributed by atoms with Crippen molar-refractivity contribution in [1.29, 1.82) is 5.26 Å². The summed E-state index contributed by atoms with van der Waals surface area (Å²) < 4.78 is 25.8. The first-order chi connectivity index (χ1) is 9.60. The predicted molar refractivity (Wildman–Crippen MR) is 77.2 cm³/mol. The molecule has 0 saturated carbocycles. The van der Waals surface area contributed by atoms with E-state index in [4.69, 9.17) is 5.26 Å². The minimum absolute atomic E-state index is 0.297. The fourth-order valence-corrected chi connectivity index (χ4v) is 2.85. The van der Waals surface area contributed by atoms with Crippen LogP contribution in [0.5, 0.6) is 0 Å². The van der Waals surface area contributed by atoms with Crippen molar-refractivity contribution in [3.63, 3.8) is 0 Å². The highest BCUT2D eigenvalue weighted by Gasteiger charge is 2.22. The second-order valence-electron chi connectivity index (χ2n) is 4.36. The summed E-state index contributed by atoms with van der Waals surface area (Å²) in [7, 11) is -3.51. The first-order valence-corrected chi connectivity index (χ1v) is 8.12. The van der Waals surface area contributed by atoms with Crippen LogP contribution in [0.1, 0.15) is 25.3 Å². The number of rotatable bonds is 9. The molecule has 0 saturated heterocycles. The van der Waals surface area contributed by atoms with Gasteiger partial charge in [-0.2, -0.15) is 5.26 Å².